The molecule has 1 aromatic carbocycles. The molecule has 1 heterocycles. The summed E-state index contributed by atoms with van der Waals surface area (Å²) in [6.07, 6.45) is 2.30. The maximum Gasteiger partial charge on any atom is 0.282 e. The van der Waals surface area contributed by atoms with Crippen molar-refractivity contribution in [1.82, 2.24) is 0 Å². The van der Waals surface area contributed by atoms with Crippen LogP contribution >= 0.6 is 15.9 Å². The molecule has 110 valence electrons. The zero-order chi connectivity index (χ0) is 14.7. The first-order chi connectivity index (χ1) is 9.47. The number of hydrogen-bond acceptors (Lipinski definition) is 1. The smallest absolute Gasteiger partial charge is 0.282 e. The first kappa shape index (κ1) is 15.4. The first-order valence-corrected chi connectivity index (χ1v) is 7.87. The lowest BCUT2D eigenvalue weighted by Crippen LogP contribution is -3.17. The fourth-order valence-electron chi connectivity index (χ4n) is 2.58. The molecular formula is C15H21BrFN2O+. The number of carbonyl (C=O) groups excluding carboxylic acids is 1. The molecule has 0 aliphatic carbocycles. The summed E-state index contributed by atoms with van der Waals surface area (Å²) in [7, 11) is 0. The third-order valence-electron chi connectivity index (χ3n) is 4.11. The van der Waals surface area contributed by atoms with E-state index in [1.54, 1.807) is 12.1 Å². The van der Waals surface area contributed by atoms with Crippen LogP contribution in [0, 0.1) is 11.7 Å². The van der Waals surface area contributed by atoms with Crippen LogP contribution < -0.4 is 10.2 Å². The minimum atomic E-state index is -0.415. The van der Waals surface area contributed by atoms with Crippen molar-refractivity contribution < 1.29 is 14.1 Å². The lowest BCUT2D eigenvalue weighted by Gasteiger charge is -2.31. The molecule has 0 saturated carbocycles. The number of quaternary nitrogens is 1. The third-order valence-corrected chi connectivity index (χ3v) is 4.60. The Kier molecular flexibility index (Phi) is 5.16. The highest BCUT2D eigenvalue weighted by Gasteiger charge is 2.29. The molecule has 1 aliphatic heterocycles. The lowest BCUT2D eigenvalue weighted by atomic mass is 9.98. The molecule has 2 N–H and O–H groups in total. The van der Waals surface area contributed by atoms with Crippen molar-refractivity contribution in [1.29, 1.82) is 0 Å². The van der Waals surface area contributed by atoms with E-state index in [4.69, 9.17) is 0 Å². The molecule has 0 unspecified atom stereocenters. The number of anilines is 1. The van der Waals surface area contributed by atoms with Crippen molar-refractivity contribution in [3.05, 3.63) is 28.5 Å². The van der Waals surface area contributed by atoms with Crippen LogP contribution in [0.2, 0.25) is 0 Å². The zero-order valence-electron chi connectivity index (χ0n) is 11.9. The van der Waals surface area contributed by atoms with E-state index in [0.717, 1.165) is 31.8 Å². The largest absolute Gasteiger partial charge is 0.325 e. The average Bonchev–Trinajstić information content (AvgIpc) is 2.42. The average molecular weight is 344 g/mol. The number of carbonyl (C=O) groups is 1. The normalized spacial score (nSPS) is 24.2. The van der Waals surface area contributed by atoms with Crippen LogP contribution in [0.3, 0.4) is 0 Å². The summed E-state index contributed by atoms with van der Waals surface area (Å²) < 4.78 is 14.4. The number of hydrogen-bond donors (Lipinski definition) is 2. The molecule has 2 rings (SSSR count). The molecule has 0 aromatic heterocycles. The van der Waals surface area contributed by atoms with Gasteiger partial charge in [0.05, 0.1) is 18.8 Å². The van der Waals surface area contributed by atoms with Gasteiger partial charge in [-0.1, -0.05) is 22.9 Å². The number of likely N-dealkylation sites (tertiary alicyclic amines) is 1. The summed E-state index contributed by atoms with van der Waals surface area (Å²) >= 11 is 3.20. The van der Waals surface area contributed by atoms with Gasteiger partial charge in [-0.2, -0.15) is 0 Å². The Hall–Kier alpha value is -0.940. The van der Waals surface area contributed by atoms with Crippen molar-refractivity contribution in [3.63, 3.8) is 0 Å². The Morgan fingerprint density at radius 3 is 2.70 bits per heavy atom. The number of piperidine rings is 1. The van der Waals surface area contributed by atoms with Crippen LogP contribution in [0.5, 0.6) is 0 Å². The van der Waals surface area contributed by atoms with Crippen molar-refractivity contribution >= 4 is 27.5 Å². The van der Waals surface area contributed by atoms with Gasteiger partial charge in [0.15, 0.2) is 6.04 Å². The summed E-state index contributed by atoms with van der Waals surface area (Å²) in [4.78, 5) is 13.5. The summed E-state index contributed by atoms with van der Waals surface area (Å²) in [5.41, 5.74) is 0.245. The Morgan fingerprint density at radius 1 is 1.45 bits per heavy atom. The van der Waals surface area contributed by atoms with Crippen LogP contribution in [-0.4, -0.2) is 25.0 Å². The molecule has 1 aromatic rings. The van der Waals surface area contributed by atoms with Crippen molar-refractivity contribution in [2.75, 3.05) is 18.4 Å². The fourth-order valence-corrected chi connectivity index (χ4v) is 2.92. The van der Waals surface area contributed by atoms with Gasteiger partial charge in [0.25, 0.3) is 5.91 Å². The van der Waals surface area contributed by atoms with Crippen LogP contribution in [0.25, 0.3) is 0 Å². The summed E-state index contributed by atoms with van der Waals surface area (Å²) in [6, 6.07) is 4.51. The Balaban J connectivity index is 1.97. The molecule has 3 nitrogen and oxygen atoms in total. The predicted octanol–water partition coefficient (Wildman–Crippen LogP) is 2.23. The Bertz CT molecular complexity index is 487. The van der Waals surface area contributed by atoms with E-state index in [9.17, 15) is 9.18 Å². The van der Waals surface area contributed by atoms with Gasteiger partial charge in [-0.3, -0.25) is 4.79 Å². The van der Waals surface area contributed by atoms with Crippen LogP contribution in [0.4, 0.5) is 10.1 Å². The minimum Gasteiger partial charge on any atom is -0.325 e. The van der Waals surface area contributed by atoms with Gasteiger partial charge in [0.2, 0.25) is 0 Å². The van der Waals surface area contributed by atoms with Crippen molar-refractivity contribution in [2.45, 2.75) is 32.7 Å². The topological polar surface area (TPSA) is 33.5 Å². The van der Waals surface area contributed by atoms with Gasteiger partial charge in [-0.05, 0) is 43.9 Å². The van der Waals surface area contributed by atoms with Crippen molar-refractivity contribution in [2.24, 2.45) is 5.92 Å². The number of rotatable bonds is 3. The van der Waals surface area contributed by atoms with E-state index < -0.39 is 5.82 Å². The second-order valence-corrected chi connectivity index (χ2v) is 6.59. The van der Waals surface area contributed by atoms with Gasteiger partial charge < -0.3 is 10.2 Å². The zero-order valence-corrected chi connectivity index (χ0v) is 13.5. The predicted molar refractivity (Wildman–Crippen MR) is 81.3 cm³/mol. The monoisotopic (exact) mass is 343 g/mol. The van der Waals surface area contributed by atoms with E-state index >= 15 is 0 Å². The molecule has 0 bridgehead atoms. The lowest BCUT2D eigenvalue weighted by molar-refractivity contribution is -0.919. The van der Waals surface area contributed by atoms with Gasteiger partial charge in [-0.25, -0.2) is 4.39 Å². The molecule has 1 aliphatic rings. The van der Waals surface area contributed by atoms with E-state index in [1.165, 1.54) is 11.0 Å². The maximum absolute atomic E-state index is 13.7. The van der Waals surface area contributed by atoms with Gasteiger partial charge in [0, 0.05) is 4.47 Å². The van der Waals surface area contributed by atoms with E-state index in [2.05, 4.69) is 28.2 Å². The molecule has 0 radical (unpaired) electrons. The Morgan fingerprint density at radius 2 is 2.10 bits per heavy atom. The number of amides is 1. The molecular weight excluding hydrogens is 323 g/mol. The molecule has 1 atom stereocenters. The second-order valence-electron chi connectivity index (χ2n) is 5.68. The molecule has 5 heteroatoms. The minimum absolute atomic E-state index is 0.115. The summed E-state index contributed by atoms with van der Waals surface area (Å²) in [5, 5.41) is 2.69. The highest BCUT2D eigenvalue weighted by Crippen LogP contribution is 2.19. The molecule has 1 amide bonds. The number of nitrogens with one attached hydrogen (secondary N) is 2. The van der Waals surface area contributed by atoms with Crippen LogP contribution in [0.15, 0.2) is 22.7 Å². The second kappa shape index (κ2) is 6.68. The SMILES string of the molecule is CC1CC[NH+]([C@H](C)C(=O)Nc2ccc(Br)cc2F)CC1. The Labute approximate surface area is 127 Å². The van der Waals surface area contributed by atoms with Gasteiger partial charge in [0.1, 0.15) is 5.82 Å². The molecule has 20 heavy (non-hydrogen) atoms. The van der Waals surface area contributed by atoms with Gasteiger partial charge in [-0.15, -0.1) is 0 Å². The highest BCUT2D eigenvalue weighted by molar-refractivity contribution is 9.10. The first-order valence-electron chi connectivity index (χ1n) is 7.08. The standard InChI is InChI=1S/C15H20BrFN2O/c1-10-5-7-19(8-6-10)11(2)15(20)18-14-4-3-12(16)9-13(14)17/h3-4,9-11H,5-8H2,1-2H3,(H,18,20)/p+1/t11-/m1/s1. The highest BCUT2D eigenvalue weighted by atomic mass is 79.9. The molecule has 0 spiro atoms. The molecule has 1 saturated heterocycles. The van der Waals surface area contributed by atoms with Crippen molar-refractivity contribution in [3.8, 4) is 0 Å². The fraction of sp³-hybridized carbons (Fsp3) is 0.533. The van der Waals surface area contributed by atoms with Crippen LogP contribution in [-0.2, 0) is 4.79 Å². The summed E-state index contributed by atoms with van der Waals surface area (Å²) in [5.74, 6) is 0.218. The molecule has 1 fully saturated rings. The van der Waals surface area contributed by atoms with E-state index in [-0.39, 0.29) is 17.6 Å². The number of halogens is 2. The van der Waals surface area contributed by atoms with Gasteiger partial charge >= 0.3 is 0 Å². The third kappa shape index (κ3) is 3.79. The van der Waals surface area contributed by atoms with E-state index in [1.807, 2.05) is 6.92 Å². The maximum atomic E-state index is 13.7. The number of benzene rings is 1. The van der Waals surface area contributed by atoms with E-state index in [0.29, 0.717) is 4.47 Å². The quantitative estimate of drug-likeness (QED) is 0.866. The van der Waals surface area contributed by atoms with Crippen LogP contribution in [0.1, 0.15) is 26.7 Å². The summed E-state index contributed by atoms with van der Waals surface area (Å²) in [6.45, 7) is 6.19.